The molecular weight excluding hydrogens is 480 g/mol. The number of benzene rings is 1. The van der Waals surface area contributed by atoms with Crippen LogP contribution in [0.3, 0.4) is 0 Å². The molecule has 1 aliphatic heterocycles. The number of rotatable bonds is 15. The zero-order valence-corrected chi connectivity index (χ0v) is 22.5. The van der Waals surface area contributed by atoms with E-state index in [9.17, 15) is 19.2 Å². The maximum Gasteiger partial charge on any atom is 0.328 e. The lowest BCUT2D eigenvalue weighted by atomic mass is 10.0. The molecule has 0 aliphatic carbocycles. The second-order valence-electron chi connectivity index (χ2n) is 9.53. The van der Waals surface area contributed by atoms with E-state index in [2.05, 4.69) is 34.7 Å². The van der Waals surface area contributed by atoms with E-state index in [0.29, 0.717) is 45.2 Å². The highest BCUT2D eigenvalue weighted by Gasteiger charge is 2.36. The quantitative estimate of drug-likeness (QED) is 0.236. The second-order valence-corrected chi connectivity index (χ2v) is 10.5. The fourth-order valence-corrected chi connectivity index (χ4v) is 4.89. The molecule has 1 fully saturated rings. The minimum Gasteiger partial charge on any atom is -0.467 e. The molecule has 4 atom stereocenters. The zero-order valence-electron chi connectivity index (χ0n) is 21.7. The number of nitrogens with zero attached hydrogens (tertiary/aromatic N) is 1. The molecule has 0 aromatic heterocycles. The lowest BCUT2D eigenvalue weighted by molar-refractivity contribution is -0.145. The molecule has 0 saturated carbocycles. The number of esters is 1. The Hall–Kier alpha value is -2.59. The van der Waals surface area contributed by atoms with Crippen LogP contribution >= 0.6 is 11.8 Å². The number of likely N-dealkylation sites (tertiary alicyclic amines) is 1. The van der Waals surface area contributed by atoms with Crippen LogP contribution in [0.2, 0.25) is 0 Å². The third kappa shape index (κ3) is 9.46. The summed E-state index contributed by atoms with van der Waals surface area (Å²) in [5, 5.41) is 8.55. The van der Waals surface area contributed by atoms with Crippen molar-refractivity contribution in [1.82, 2.24) is 20.9 Å². The van der Waals surface area contributed by atoms with Gasteiger partial charge in [-0.25, -0.2) is 4.79 Å². The average Bonchev–Trinajstić information content (AvgIpc) is 3.32. The van der Waals surface area contributed by atoms with Crippen LogP contribution in [0.1, 0.15) is 38.7 Å². The Morgan fingerprint density at radius 2 is 1.89 bits per heavy atom. The van der Waals surface area contributed by atoms with E-state index in [1.165, 1.54) is 7.11 Å². The Balaban J connectivity index is 2.06. The van der Waals surface area contributed by atoms with Gasteiger partial charge in [0.2, 0.25) is 18.2 Å². The summed E-state index contributed by atoms with van der Waals surface area (Å²) >= 11 is 1.62. The number of hydrogen-bond acceptors (Lipinski definition) is 7. The van der Waals surface area contributed by atoms with E-state index in [0.717, 1.165) is 11.3 Å². The van der Waals surface area contributed by atoms with Gasteiger partial charge in [-0.1, -0.05) is 44.2 Å². The van der Waals surface area contributed by atoms with Crippen LogP contribution in [-0.2, 0) is 30.3 Å². The normalized spacial score (nSPS) is 18.2. The molecule has 1 heterocycles. The van der Waals surface area contributed by atoms with Crippen molar-refractivity contribution >= 4 is 36.0 Å². The molecule has 3 amide bonds. The third-order valence-corrected chi connectivity index (χ3v) is 6.93. The number of carbonyl (C=O) groups excluding carboxylic acids is 4. The molecule has 36 heavy (non-hydrogen) atoms. The molecule has 0 bridgehead atoms. The van der Waals surface area contributed by atoms with Gasteiger partial charge in [-0.3, -0.25) is 19.3 Å². The molecule has 1 aromatic carbocycles. The average molecular weight is 521 g/mol. The maximum atomic E-state index is 13.4. The van der Waals surface area contributed by atoms with Crippen LogP contribution in [0.4, 0.5) is 0 Å². The van der Waals surface area contributed by atoms with Gasteiger partial charge in [0, 0.05) is 25.6 Å². The molecule has 1 unspecified atom stereocenters. The fourth-order valence-electron chi connectivity index (χ4n) is 4.42. The Bertz CT molecular complexity index is 854. The summed E-state index contributed by atoms with van der Waals surface area (Å²) < 4.78 is 4.96. The Labute approximate surface area is 218 Å². The van der Waals surface area contributed by atoms with Crippen molar-refractivity contribution in [3.05, 3.63) is 35.9 Å². The van der Waals surface area contributed by atoms with Crippen molar-refractivity contribution in [3.63, 3.8) is 0 Å². The van der Waals surface area contributed by atoms with Gasteiger partial charge in [-0.05, 0) is 42.8 Å². The summed E-state index contributed by atoms with van der Waals surface area (Å²) in [6, 6.07) is 7.59. The SMILES string of the molecule is COC(=O)[C@H](Cc1ccccc1)NC(=O)[C@H](CC(C)C)N1CCC(NC(=O)[C@H](CCSC)NC=O)C1. The standard InChI is InChI=1S/C26H40N4O5S/c1-18(2)14-23(25(33)29-22(26(34)35-3)15-19-8-6-5-7-9-19)30-12-10-20(16-30)28-24(32)21(27-17-31)11-13-36-4/h5-9,17-18,20-23H,10-16H2,1-4H3,(H,27,31)(H,28,32)(H,29,33)/t20?,21-,22-,23-/m0/s1. The van der Waals surface area contributed by atoms with E-state index < -0.39 is 24.1 Å². The summed E-state index contributed by atoms with van der Waals surface area (Å²) in [6.45, 7) is 5.28. The number of carbonyl (C=O) groups is 4. The molecule has 10 heteroatoms. The largest absolute Gasteiger partial charge is 0.467 e. The topological polar surface area (TPSA) is 117 Å². The zero-order chi connectivity index (χ0) is 26.5. The predicted octanol–water partition coefficient (Wildman–Crippen LogP) is 1.36. The minimum absolute atomic E-state index is 0.120. The number of nitrogens with one attached hydrogen (secondary N) is 3. The van der Waals surface area contributed by atoms with Gasteiger partial charge in [0.25, 0.3) is 0 Å². The van der Waals surface area contributed by atoms with E-state index in [1.807, 2.05) is 36.6 Å². The van der Waals surface area contributed by atoms with E-state index in [4.69, 9.17) is 4.74 Å². The van der Waals surface area contributed by atoms with Gasteiger partial charge in [-0.2, -0.15) is 11.8 Å². The first-order valence-corrected chi connectivity index (χ1v) is 13.8. The molecule has 200 valence electrons. The number of thioether (sulfide) groups is 1. The summed E-state index contributed by atoms with van der Waals surface area (Å²) in [5.41, 5.74) is 0.928. The van der Waals surface area contributed by atoms with Gasteiger partial charge >= 0.3 is 5.97 Å². The molecule has 0 radical (unpaired) electrons. The second kappa shape index (κ2) is 15.5. The van der Waals surface area contributed by atoms with Gasteiger partial charge in [0.15, 0.2) is 0 Å². The number of ether oxygens (including phenoxy) is 1. The summed E-state index contributed by atoms with van der Waals surface area (Å²) in [5.74, 6) is 0.106. The molecule has 3 N–H and O–H groups in total. The maximum absolute atomic E-state index is 13.4. The number of amides is 3. The Morgan fingerprint density at radius 3 is 2.50 bits per heavy atom. The molecule has 2 rings (SSSR count). The highest BCUT2D eigenvalue weighted by molar-refractivity contribution is 7.98. The number of methoxy groups -OCH3 is 1. The van der Waals surface area contributed by atoms with Crippen LogP contribution in [0.25, 0.3) is 0 Å². The monoisotopic (exact) mass is 520 g/mol. The van der Waals surface area contributed by atoms with Crippen molar-refractivity contribution in [2.24, 2.45) is 5.92 Å². The summed E-state index contributed by atoms with van der Waals surface area (Å²) in [6.07, 6.45) is 4.73. The van der Waals surface area contributed by atoms with Crippen molar-refractivity contribution in [2.45, 2.75) is 63.7 Å². The summed E-state index contributed by atoms with van der Waals surface area (Å²) in [7, 11) is 1.32. The lowest BCUT2D eigenvalue weighted by Crippen LogP contribution is -2.53. The van der Waals surface area contributed by atoms with Gasteiger partial charge in [-0.15, -0.1) is 0 Å². The van der Waals surface area contributed by atoms with Crippen molar-refractivity contribution < 1.29 is 23.9 Å². The predicted molar refractivity (Wildman–Crippen MR) is 141 cm³/mol. The lowest BCUT2D eigenvalue weighted by Gasteiger charge is -2.30. The third-order valence-electron chi connectivity index (χ3n) is 6.29. The molecule has 1 saturated heterocycles. The molecule has 1 aromatic rings. The highest BCUT2D eigenvalue weighted by atomic mass is 32.2. The van der Waals surface area contributed by atoms with Crippen molar-refractivity contribution in [2.75, 3.05) is 32.2 Å². The molecule has 0 spiro atoms. The van der Waals surface area contributed by atoms with Crippen LogP contribution in [0.5, 0.6) is 0 Å². The molecular formula is C26H40N4O5S. The van der Waals surface area contributed by atoms with E-state index in [-0.39, 0.29) is 23.8 Å². The molecule has 9 nitrogen and oxygen atoms in total. The van der Waals surface area contributed by atoms with Crippen LogP contribution in [-0.4, -0.2) is 85.5 Å². The first-order chi connectivity index (χ1) is 17.3. The van der Waals surface area contributed by atoms with Crippen molar-refractivity contribution in [3.8, 4) is 0 Å². The highest BCUT2D eigenvalue weighted by Crippen LogP contribution is 2.19. The van der Waals surface area contributed by atoms with Gasteiger partial charge in [0.05, 0.1) is 13.2 Å². The Kier molecular flexibility index (Phi) is 12.8. The smallest absolute Gasteiger partial charge is 0.328 e. The first-order valence-electron chi connectivity index (χ1n) is 12.4. The number of hydrogen-bond donors (Lipinski definition) is 3. The van der Waals surface area contributed by atoms with Crippen LogP contribution in [0, 0.1) is 5.92 Å². The van der Waals surface area contributed by atoms with Crippen molar-refractivity contribution in [1.29, 1.82) is 0 Å². The Morgan fingerprint density at radius 1 is 1.17 bits per heavy atom. The molecule has 1 aliphatic rings. The van der Waals surface area contributed by atoms with E-state index >= 15 is 0 Å². The van der Waals surface area contributed by atoms with Crippen LogP contribution < -0.4 is 16.0 Å². The summed E-state index contributed by atoms with van der Waals surface area (Å²) in [4.78, 5) is 51.6. The minimum atomic E-state index is -0.788. The fraction of sp³-hybridized carbons (Fsp3) is 0.615. The van der Waals surface area contributed by atoms with Gasteiger partial charge < -0.3 is 20.7 Å². The van der Waals surface area contributed by atoms with E-state index in [1.54, 1.807) is 11.8 Å². The first kappa shape index (κ1) is 29.6. The van der Waals surface area contributed by atoms with Gasteiger partial charge in [0.1, 0.15) is 12.1 Å². The van der Waals surface area contributed by atoms with Crippen LogP contribution in [0.15, 0.2) is 30.3 Å².